The molecule has 0 saturated carbocycles. The van der Waals surface area contributed by atoms with Crippen LogP contribution in [0.5, 0.6) is 5.75 Å². The minimum atomic E-state index is -0.432. The van der Waals surface area contributed by atoms with Crippen LogP contribution in [0, 0.1) is 12.7 Å². The van der Waals surface area contributed by atoms with E-state index < -0.39 is 5.82 Å². The molecule has 4 heteroatoms. The van der Waals surface area contributed by atoms with Gasteiger partial charge in [0.1, 0.15) is 11.6 Å². The molecule has 1 amide bonds. The highest BCUT2D eigenvalue weighted by atomic mass is 19.1. The molecule has 2 aromatic carbocycles. The Hall–Kier alpha value is -2.36. The van der Waals surface area contributed by atoms with Crippen LogP contribution in [0.4, 0.5) is 10.1 Å². The fourth-order valence-electron chi connectivity index (χ4n) is 2.80. The normalized spacial score (nSPS) is 13.9. The number of carbonyl (C=O) groups is 1. The van der Waals surface area contributed by atoms with Gasteiger partial charge >= 0.3 is 0 Å². The summed E-state index contributed by atoms with van der Waals surface area (Å²) in [5.74, 6) is -0.609. The van der Waals surface area contributed by atoms with Crippen molar-refractivity contribution in [3.8, 4) is 5.75 Å². The van der Waals surface area contributed by atoms with E-state index in [0.29, 0.717) is 17.8 Å². The van der Waals surface area contributed by atoms with Crippen molar-refractivity contribution >= 4 is 11.6 Å². The number of halogens is 1. The third-order valence-corrected chi connectivity index (χ3v) is 3.87. The van der Waals surface area contributed by atoms with E-state index in [4.69, 9.17) is 0 Å². The van der Waals surface area contributed by atoms with E-state index >= 15 is 0 Å². The van der Waals surface area contributed by atoms with Crippen LogP contribution in [0.25, 0.3) is 0 Å². The number of phenols is 1. The standard InChI is InChI=1S/C17H16FNO2/c1-11-7-8-13(18)10-14(11)17(21)19-9-3-5-12-4-2-6-15(20)16(12)19/h2,4,6-8,10,20H,3,5,9H2,1H3. The van der Waals surface area contributed by atoms with Gasteiger partial charge in [-0.25, -0.2) is 4.39 Å². The molecule has 0 spiro atoms. The van der Waals surface area contributed by atoms with E-state index in [1.54, 1.807) is 30.0 Å². The summed E-state index contributed by atoms with van der Waals surface area (Å²) < 4.78 is 13.4. The van der Waals surface area contributed by atoms with Crippen molar-refractivity contribution < 1.29 is 14.3 Å². The quantitative estimate of drug-likeness (QED) is 0.872. The molecule has 1 aliphatic rings. The maximum Gasteiger partial charge on any atom is 0.258 e. The Morgan fingerprint density at radius 1 is 1.29 bits per heavy atom. The fraction of sp³-hybridized carbons (Fsp3) is 0.235. The van der Waals surface area contributed by atoms with Crippen LogP contribution in [0.15, 0.2) is 36.4 Å². The molecular formula is C17H16FNO2. The molecule has 1 N–H and O–H groups in total. The number of amides is 1. The van der Waals surface area contributed by atoms with Crippen molar-refractivity contribution in [3.63, 3.8) is 0 Å². The number of rotatable bonds is 1. The van der Waals surface area contributed by atoms with Gasteiger partial charge in [0.25, 0.3) is 5.91 Å². The van der Waals surface area contributed by atoms with Gasteiger partial charge in [-0.15, -0.1) is 0 Å². The SMILES string of the molecule is Cc1ccc(F)cc1C(=O)N1CCCc2cccc(O)c21. The van der Waals surface area contributed by atoms with E-state index in [-0.39, 0.29) is 11.7 Å². The number of aromatic hydroxyl groups is 1. The summed E-state index contributed by atoms with van der Waals surface area (Å²) >= 11 is 0. The van der Waals surface area contributed by atoms with Crippen LogP contribution in [0.2, 0.25) is 0 Å². The minimum absolute atomic E-state index is 0.0922. The van der Waals surface area contributed by atoms with Gasteiger partial charge in [0.2, 0.25) is 0 Å². The highest BCUT2D eigenvalue weighted by molar-refractivity contribution is 6.08. The molecule has 1 aliphatic heterocycles. The summed E-state index contributed by atoms with van der Waals surface area (Å²) in [6.45, 7) is 2.31. The van der Waals surface area contributed by atoms with Crippen molar-refractivity contribution in [1.29, 1.82) is 0 Å². The van der Waals surface area contributed by atoms with Gasteiger partial charge < -0.3 is 10.0 Å². The summed E-state index contributed by atoms with van der Waals surface area (Å²) in [7, 11) is 0. The Labute approximate surface area is 122 Å². The van der Waals surface area contributed by atoms with Crippen LogP contribution in [-0.2, 0) is 6.42 Å². The molecule has 0 atom stereocenters. The van der Waals surface area contributed by atoms with Crippen molar-refractivity contribution in [3.05, 3.63) is 58.9 Å². The maximum absolute atomic E-state index is 13.4. The third-order valence-electron chi connectivity index (χ3n) is 3.87. The van der Waals surface area contributed by atoms with E-state index in [1.807, 2.05) is 6.07 Å². The Balaban J connectivity index is 2.06. The molecule has 0 saturated heterocycles. The molecule has 0 fully saturated rings. The van der Waals surface area contributed by atoms with Gasteiger partial charge in [-0.3, -0.25) is 4.79 Å². The number of para-hydroxylation sites is 1. The number of carbonyl (C=O) groups excluding carboxylic acids is 1. The number of nitrogens with zero attached hydrogens (tertiary/aromatic N) is 1. The number of anilines is 1. The molecule has 3 rings (SSSR count). The second-order valence-corrected chi connectivity index (χ2v) is 5.30. The second kappa shape index (κ2) is 5.20. The Bertz CT molecular complexity index is 712. The lowest BCUT2D eigenvalue weighted by atomic mass is 9.99. The van der Waals surface area contributed by atoms with Crippen molar-refractivity contribution in [2.75, 3.05) is 11.4 Å². The van der Waals surface area contributed by atoms with Gasteiger partial charge in [0.15, 0.2) is 0 Å². The van der Waals surface area contributed by atoms with Gasteiger partial charge in [0.05, 0.1) is 5.69 Å². The fourth-order valence-corrected chi connectivity index (χ4v) is 2.80. The zero-order valence-electron chi connectivity index (χ0n) is 11.8. The van der Waals surface area contributed by atoms with Gasteiger partial charge in [-0.05, 0) is 49.1 Å². The summed E-state index contributed by atoms with van der Waals surface area (Å²) in [5.41, 5.74) is 2.57. The Morgan fingerprint density at radius 3 is 2.90 bits per heavy atom. The number of phenolic OH excluding ortho intramolecular Hbond substituents is 1. The summed E-state index contributed by atoms with van der Waals surface area (Å²) in [6, 6.07) is 9.45. The molecule has 0 aromatic heterocycles. The molecule has 1 heterocycles. The number of aryl methyl sites for hydroxylation is 2. The average Bonchev–Trinajstić information content (AvgIpc) is 2.49. The predicted molar refractivity (Wildman–Crippen MR) is 79.2 cm³/mol. The molecule has 0 unspecified atom stereocenters. The lowest BCUT2D eigenvalue weighted by molar-refractivity contribution is 0.0983. The zero-order chi connectivity index (χ0) is 15.0. The summed E-state index contributed by atoms with van der Waals surface area (Å²) in [6.07, 6.45) is 1.66. The van der Waals surface area contributed by atoms with Crippen LogP contribution in [0.3, 0.4) is 0 Å². The van der Waals surface area contributed by atoms with E-state index in [9.17, 15) is 14.3 Å². The molecule has 2 aromatic rings. The van der Waals surface area contributed by atoms with Crippen LogP contribution < -0.4 is 4.90 Å². The van der Waals surface area contributed by atoms with Gasteiger partial charge in [0, 0.05) is 12.1 Å². The molecule has 0 bridgehead atoms. The highest BCUT2D eigenvalue weighted by Crippen LogP contribution is 2.36. The number of hydrogen-bond acceptors (Lipinski definition) is 2. The van der Waals surface area contributed by atoms with Gasteiger partial charge in [-0.2, -0.15) is 0 Å². The molecule has 3 nitrogen and oxygen atoms in total. The minimum Gasteiger partial charge on any atom is -0.506 e. The molecule has 21 heavy (non-hydrogen) atoms. The summed E-state index contributed by atoms with van der Waals surface area (Å²) in [5, 5.41) is 10.1. The van der Waals surface area contributed by atoms with Crippen LogP contribution >= 0.6 is 0 Å². The molecule has 108 valence electrons. The van der Waals surface area contributed by atoms with Crippen molar-refractivity contribution in [1.82, 2.24) is 0 Å². The van der Waals surface area contributed by atoms with Crippen LogP contribution in [0.1, 0.15) is 27.9 Å². The second-order valence-electron chi connectivity index (χ2n) is 5.30. The highest BCUT2D eigenvalue weighted by Gasteiger charge is 2.27. The van der Waals surface area contributed by atoms with Crippen molar-refractivity contribution in [2.24, 2.45) is 0 Å². The predicted octanol–water partition coefficient (Wildman–Crippen LogP) is 3.43. The first-order valence-corrected chi connectivity index (χ1v) is 6.97. The molecule has 0 radical (unpaired) electrons. The topological polar surface area (TPSA) is 40.5 Å². The lowest BCUT2D eigenvalue weighted by Crippen LogP contribution is -2.36. The third kappa shape index (κ3) is 2.37. The zero-order valence-corrected chi connectivity index (χ0v) is 11.8. The van der Waals surface area contributed by atoms with E-state index in [1.165, 1.54) is 12.1 Å². The monoisotopic (exact) mass is 285 g/mol. The number of benzene rings is 2. The maximum atomic E-state index is 13.4. The smallest absolute Gasteiger partial charge is 0.258 e. The van der Waals surface area contributed by atoms with Crippen molar-refractivity contribution in [2.45, 2.75) is 19.8 Å². The Morgan fingerprint density at radius 2 is 2.10 bits per heavy atom. The largest absolute Gasteiger partial charge is 0.506 e. The van der Waals surface area contributed by atoms with Gasteiger partial charge in [-0.1, -0.05) is 18.2 Å². The first-order valence-electron chi connectivity index (χ1n) is 6.97. The summed E-state index contributed by atoms with van der Waals surface area (Å²) in [4.78, 5) is 14.3. The van der Waals surface area contributed by atoms with Crippen LogP contribution in [-0.4, -0.2) is 17.6 Å². The lowest BCUT2D eigenvalue weighted by Gasteiger charge is -2.30. The first kappa shape index (κ1) is 13.6. The first-order chi connectivity index (χ1) is 10.1. The Kier molecular flexibility index (Phi) is 3.37. The van der Waals surface area contributed by atoms with E-state index in [2.05, 4.69) is 0 Å². The van der Waals surface area contributed by atoms with E-state index in [0.717, 1.165) is 24.0 Å². The molecular weight excluding hydrogens is 269 g/mol. The average molecular weight is 285 g/mol. The number of hydrogen-bond donors (Lipinski definition) is 1. The molecule has 0 aliphatic carbocycles. The number of fused-ring (bicyclic) bond motifs is 1.